The van der Waals surface area contributed by atoms with E-state index in [0.29, 0.717) is 12.4 Å². The fourth-order valence-corrected chi connectivity index (χ4v) is 3.12. The topological polar surface area (TPSA) is 58.6 Å². The van der Waals surface area contributed by atoms with Crippen LogP contribution in [0, 0.1) is 0 Å². The lowest BCUT2D eigenvalue weighted by atomic mass is 10.0. The molecule has 2 heterocycles. The van der Waals surface area contributed by atoms with Crippen LogP contribution in [0.5, 0.6) is 5.75 Å². The van der Waals surface area contributed by atoms with Crippen LogP contribution in [0.25, 0.3) is 0 Å². The van der Waals surface area contributed by atoms with Crippen molar-refractivity contribution in [3.05, 3.63) is 48.4 Å². The van der Waals surface area contributed by atoms with Crippen LogP contribution >= 0.6 is 0 Å². The highest BCUT2D eigenvalue weighted by molar-refractivity contribution is 5.81. The summed E-state index contributed by atoms with van der Waals surface area (Å²) in [5, 5.41) is 0. The van der Waals surface area contributed by atoms with Crippen LogP contribution in [0.4, 0.5) is 5.82 Å². The Morgan fingerprint density at radius 2 is 2.29 bits per heavy atom. The number of likely N-dealkylation sites (N-methyl/N-ethyl adjacent to an activating group) is 1. The van der Waals surface area contributed by atoms with Gasteiger partial charge >= 0.3 is 0 Å². The van der Waals surface area contributed by atoms with Crippen LogP contribution in [-0.4, -0.2) is 48.0 Å². The summed E-state index contributed by atoms with van der Waals surface area (Å²) in [4.78, 5) is 24.8. The number of rotatable bonds is 5. The number of carbonyl (C=O) groups excluding carboxylic acids is 1. The molecule has 1 fully saturated rings. The van der Waals surface area contributed by atoms with Crippen LogP contribution in [0.3, 0.4) is 0 Å². The summed E-state index contributed by atoms with van der Waals surface area (Å²) in [6, 6.07) is 8.09. The standard InChI is InChI=1S/C18H22N4O2/c1-21(17-12-19-8-9-20-17)13-18(23)22-10-4-7-16(22)14-5-3-6-15(11-14)24-2/h3,5-6,8-9,11-12,16H,4,7,10,13H2,1-2H3/t16-/m0/s1. The van der Waals surface area contributed by atoms with Gasteiger partial charge < -0.3 is 14.5 Å². The quantitative estimate of drug-likeness (QED) is 0.844. The molecule has 3 rings (SSSR count). The van der Waals surface area contributed by atoms with E-state index in [-0.39, 0.29) is 11.9 Å². The maximum Gasteiger partial charge on any atom is 0.242 e. The molecule has 2 aromatic rings. The van der Waals surface area contributed by atoms with E-state index in [1.165, 1.54) is 0 Å². The Kier molecular flexibility index (Phi) is 4.93. The van der Waals surface area contributed by atoms with Crippen LogP contribution in [0.15, 0.2) is 42.9 Å². The van der Waals surface area contributed by atoms with Crippen molar-refractivity contribution in [2.75, 3.05) is 32.1 Å². The van der Waals surface area contributed by atoms with E-state index in [4.69, 9.17) is 4.74 Å². The van der Waals surface area contributed by atoms with Gasteiger partial charge in [0.25, 0.3) is 0 Å². The molecule has 0 spiro atoms. The Morgan fingerprint density at radius 3 is 3.04 bits per heavy atom. The van der Waals surface area contributed by atoms with Gasteiger partial charge in [-0.3, -0.25) is 9.78 Å². The number of benzene rings is 1. The molecule has 1 aromatic carbocycles. The minimum atomic E-state index is 0.105. The third-order valence-corrected chi connectivity index (χ3v) is 4.36. The zero-order chi connectivity index (χ0) is 16.9. The molecule has 0 unspecified atom stereocenters. The van der Waals surface area contributed by atoms with Gasteiger partial charge in [0, 0.05) is 26.0 Å². The summed E-state index contributed by atoms with van der Waals surface area (Å²) in [7, 11) is 3.52. The molecule has 0 bridgehead atoms. The monoisotopic (exact) mass is 326 g/mol. The molecule has 1 aliphatic heterocycles. The Hall–Kier alpha value is -2.63. The van der Waals surface area contributed by atoms with Gasteiger partial charge in [0.05, 0.1) is 25.9 Å². The fourth-order valence-electron chi connectivity index (χ4n) is 3.12. The maximum atomic E-state index is 12.8. The second kappa shape index (κ2) is 7.29. The Labute approximate surface area is 142 Å². The molecule has 6 nitrogen and oxygen atoms in total. The van der Waals surface area contributed by atoms with Gasteiger partial charge in [0.2, 0.25) is 5.91 Å². The van der Waals surface area contributed by atoms with Crippen molar-refractivity contribution in [3.63, 3.8) is 0 Å². The molecule has 0 N–H and O–H groups in total. The molecular formula is C18H22N4O2. The van der Waals surface area contributed by atoms with E-state index in [0.717, 1.165) is 30.7 Å². The second-order valence-corrected chi connectivity index (χ2v) is 5.94. The Balaban J connectivity index is 1.71. The predicted octanol–water partition coefficient (Wildman–Crippen LogP) is 2.29. The fraction of sp³-hybridized carbons (Fsp3) is 0.389. The minimum Gasteiger partial charge on any atom is -0.497 e. The maximum absolute atomic E-state index is 12.8. The summed E-state index contributed by atoms with van der Waals surface area (Å²) in [5.74, 6) is 1.62. The zero-order valence-electron chi connectivity index (χ0n) is 14.1. The molecule has 6 heteroatoms. The van der Waals surface area contributed by atoms with Crippen molar-refractivity contribution in [3.8, 4) is 5.75 Å². The molecule has 126 valence electrons. The number of likely N-dealkylation sites (tertiary alicyclic amines) is 1. The van der Waals surface area contributed by atoms with Crippen LogP contribution in [-0.2, 0) is 4.79 Å². The van der Waals surface area contributed by atoms with Crippen molar-refractivity contribution in [1.82, 2.24) is 14.9 Å². The molecule has 1 aromatic heterocycles. The van der Waals surface area contributed by atoms with Crippen molar-refractivity contribution >= 4 is 11.7 Å². The van der Waals surface area contributed by atoms with Crippen molar-refractivity contribution in [1.29, 1.82) is 0 Å². The van der Waals surface area contributed by atoms with Gasteiger partial charge in [-0.25, -0.2) is 4.98 Å². The molecule has 24 heavy (non-hydrogen) atoms. The number of carbonyl (C=O) groups is 1. The first kappa shape index (κ1) is 16.2. The van der Waals surface area contributed by atoms with Crippen LogP contribution in [0.1, 0.15) is 24.4 Å². The van der Waals surface area contributed by atoms with Crippen LogP contribution in [0.2, 0.25) is 0 Å². The van der Waals surface area contributed by atoms with Crippen molar-refractivity contribution in [2.45, 2.75) is 18.9 Å². The van der Waals surface area contributed by atoms with E-state index in [2.05, 4.69) is 16.0 Å². The highest BCUT2D eigenvalue weighted by Gasteiger charge is 2.30. The summed E-state index contributed by atoms with van der Waals surface area (Å²) in [6.07, 6.45) is 6.91. The number of methoxy groups -OCH3 is 1. The largest absolute Gasteiger partial charge is 0.497 e. The second-order valence-electron chi connectivity index (χ2n) is 5.94. The van der Waals surface area contributed by atoms with Gasteiger partial charge in [-0.05, 0) is 30.5 Å². The molecule has 1 aliphatic rings. The molecular weight excluding hydrogens is 304 g/mol. The van der Waals surface area contributed by atoms with E-state index < -0.39 is 0 Å². The first-order chi connectivity index (χ1) is 11.7. The first-order valence-electron chi connectivity index (χ1n) is 8.09. The molecule has 1 atom stereocenters. The van der Waals surface area contributed by atoms with Gasteiger partial charge in [0.1, 0.15) is 11.6 Å². The van der Waals surface area contributed by atoms with Gasteiger partial charge in [-0.1, -0.05) is 12.1 Å². The Morgan fingerprint density at radius 1 is 1.42 bits per heavy atom. The number of nitrogens with zero attached hydrogens (tertiary/aromatic N) is 4. The van der Waals surface area contributed by atoms with E-state index in [1.54, 1.807) is 25.7 Å². The summed E-state index contributed by atoms with van der Waals surface area (Å²) < 4.78 is 5.31. The van der Waals surface area contributed by atoms with E-state index >= 15 is 0 Å². The molecule has 0 saturated carbocycles. The number of aromatic nitrogens is 2. The summed E-state index contributed by atoms with van der Waals surface area (Å²) in [5.41, 5.74) is 1.13. The molecule has 0 aliphatic carbocycles. The lowest BCUT2D eigenvalue weighted by Gasteiger charge is -2.28. The zero-order valence-corrected chi connectivity index (χ0v) is 14.1. The lowest BCUT2D eigenvalue weighted by molar-refractivity contribution is -0.130. The third kappa shape index (κ3) is 3.48. The predicted molar refractivity (Wildman–Crippen MR) is 92.0 cm³/mol. The van der Waals surface area contributed by atoms with Gasteiger partial charge in [-0.2, -0.15) is 0 Å². The molecule has 1 saturated heterocycles. The number of amides is 1. The van der Waals surface area contributed by atoms with E-state index in [9.17, 15) is 4.79 Å². The number of hydrogen-bond donors (Lipinski definition) is 0. The van der Waals surface area contributed by atoms with Gasteiger partial charge in [0.15, 0.2) is 0 Å². The number of ether oxygens (including phenoxy) is 1. The van der Waals surface area contributed by atoms with Crippen molar-refractivity contribution < 1.29 is 9.53 Å². The normalized spacial score (nSPS) is 16.9. The lowest BCUT2D eigenvalue weighted by Crippen LogP contribution is -2.39. The highest BCUT2D eigenvalue weighted by atomic mass is 16.5. The summed E-state index contributed by atoms with van der Waals surface area (Å²) in [6.45, 7) is 1.08. The smallest absolute Gasteiger partial charge is 0.242 e. The third-order valence-electron chi connectivity index (χ3n) is 4.36. The molecule has 0 radical (unpaired) electrons. The minimum absolute atomic E-state index is 0.105. The van der Waals surface area contributed by atoms with E-state index in [1.807, 2.05) is 35.0 Å². The summed E-state index contributed by atoms with van der Waals surface area (Å²) >= 11 is 0. The SMILES string of the molecule is COc1cccc([C@@H]2CCCN2C(=O)CN(C)c2cnccn2)c1. The number of anilines is 1. The Bertz CT molecular complexity index is 692. The van der Waals surface area contributed by atoms with Crippen LogP contribution < -0.4 is 9.64 Å². The average Bonchev–Trinajstić information content (AvgIpc) is 3.12. The average molecular weight is 326 g/mol. The highest BCUT2D eigenvalue weighted by Crippen LogP contribution is 2.33. The van der Waals surface area contributed by atoms with Crippen molar-refractivity contribution in [2.24, 2.45) is 0 Å². The van der Waals surface area contributed by atoms with Gasteiger partial charge in [-0.15, -0.1) is 0 Å². The molecule has 1 amide bonds. The number of hydrogen-bond acceptors (Lipinski definition) is 5. The first-order valence-corrected chi connectivity index (χ1v) is 8.09.